The third kappa shape index (κ3) is 3.59. The van der Waals surface area contributed by atoms with E-state index < -0.39 is 6.03 Å². The predicted molar refractivity (Wildman–Crippen MR) is 103 cm³/mol. The molecule has 142 valence electrons. The molecule has 3 amide bonds. The van der Waals surface area contributed by atoms with Gasteiger partial charge in [0, 0.05) is 13.2 Å². The van der Waals surface area contributed by atoms with Gasteiger partial charge in [0.1, 0.15) is 10.8 Å². The van der Waals surface area contributed by atoms with Crippen molar-refractivity contribution in [1.82, 2.24) is 15.2 Å². The van der Waals surface area contributed by atoms with Crippen LogP contribution < -0.4 is 10.1 Å². The summed E-state index contributed by atoms with van der Waals surface area (Å²) in [6, 6.07) is 4.69. The van der Waals surface area contributed by atoms with E-state index in [0.717, 1.165) is 11.1 Å². The van der Waals surface area contributed by atoms with Crippen LogP contribution in [-0.2, 0) is 4.79 Å². The Morgan fingerprint density at radius 1 is 1.22 bits per heavy atom. The minimum absolute atomic E-state index is 0.267. The highest BCUT2D eigenvalue weighted by Gasteiger charge is 2.38. The van der Waals surface area contributed by atoms with Crippen molar-refractivity contribution in [3.05, 3.63) is 51.1 Å². The van der Waals surface area contributed by atoms with E-state index in [0.29, 0.717) is 21.4 Å². The van der Waals surface area contributed by atoms with Gasteiger partial charge in [-0.15, -0.1) is 0 Å². The molecular weight excluding hydrogens is 389 g/mol. The van der Waals surface area contributed by atoms with Crippen LogP contribution in [0, 0.1) is 19.8 Å². The third-order valence-electron chi connectivity index (χ3n) is 4.80. The Morgan fingerprint density at radius 3 is 2.59 bits per heavy atom. The molecule has 1 aliphatic heterocycles. The van der Waals surface area contributed by atoms with Crippen LogP contribution >= 0.6 is 23.2 Å². The Labute approximate surface area is 167 Å². The van der Waals surface area contributed by atoms with Gasteiger partial charge in [-0.3, -0.25) is 10.1 Å². The molecular formula is C19H19Cl2N3O3. The number of aryl methyl sites for hydroxylation is 1. The van der Waals surface area contributed by atoms with Crippen LogP contribution in [0.3, 0.4) is 0 Å². The van der Waals surface area contributed by atoms with Crippen molar-refractivity contribution in [2.24, 2.45) is 5.92 Å². The van der Waals surface area contributed by atoms with Gasteiger partial charge in [-0.25, -0.2) is 9.78 Å². The number of urea groups is 1. The number of imide groups is 1. The summed E-state index contributed by atoms with van der Waals surface area (Å²) in [6.45, 7) is 5.49. The molecule has 0 spiro atoms. The van der Waals surface area contributed by atoms with E-state index >= 15 is 0 Å². The number of aromatic nitrogens is 1. The molecule has 27 heavy (non-hydrogen) atoms. The van der Waals surface area contributed by atoms with Crippen molar-refractivity contribution >= 4 is 35.1 Å². The maximum Gasteiger partial charge on any atom is 0.324 e. The van der Waals surface area contributed by atoms with E-state index in [1.54, 1.807) is 27.0 Å². The molecule has 3 rings (SSSR count). The number of carbonyl (C=O) groups excluding carboxylic acids is 2. The third-order valence-corrected chi connectivity index (χ3v) is 5.63. The Balaban J connectivity index is 1.91. The topological polar surface area (TPSA) is 71.5 Å². The zero-order chi connectivity index (χ0) is 19.9. The van der Waals surface area contributed by atoms with Gasteiger partial charge in [0.15, 0.2) is 0 Å². The Hall–Kier alpha value is -2.31. The molecule has 0 radical (unpaired) electrons. The molecule has 0 saturated carbocycles. The number of nitrogens with one attached hydrogen (secondary N) is 1. The standard InChI is InChI=1S/C19H19Cl2N3O3/c1-9-7-12(27-18-15(21)10(2)14(20)8-22-18)5-6-13(9)16-11(3)17(25)23-19(26)24(16)4/h5-8,11,16H,1-4H3,(H,23,25,26). The second-order valence-electron chi connectivity index (χ2n) is 6.61. The zero-order valence-corrected chi connectivity index (χ0v) is 16.9. The Bertz CT molecular complexity index is 913. The number of hydrogen-bond acceptors (Lipinski definition) is 4. The molecule has 2 atom stereocenters. The first-order chi connectivity index (χ1) is 12.7. The quantitative estimate of drug-likeness (QED) is 0.802. The molecule has 0 bridgehead atoms. The van der Waals surface area contributed by atoms with Gasteiger partial charge >= 0.3 is 6.03 Å². The van der Waals surface area contributed by atoms with Gasteiger partial charge in [-0.1, -0.05) is 36.2 Å². The number of rotatable bonds is 3. The van der Waals surface area contributed by atoms with E-state index in [9.17, 15) is 9.59 Å². The zero-order valence-electron chi connectivity index (χ0n) is 15.3. The van der Waals surface area contributed by atoms with Crippen LogP contribution in [-0.4, -0.2) is 28.9 Å². The van der Waals surface area contributed by atoms with E-state index in [-0.39, 0.29) is 23.7 Å². The predicted octanol–water partition coefficient (Wildman–Crippen LogP) is 4.66. The summed E-state index contributed by atoms with van der Waals surface area (Å²) in [5, 5.41) is 3.17. The molecule has 1 saturated heterocycles. The fourth-order valence-corrected chi connectivity index (χ4v) is 3.53. The lowest BCUT2D eigenvalue weighted by atomic mass is 9.88. The lowest BCUT2D eigenvalue weighted by Gasteiger charge is -2.37. The summed E-state index contributed by atoms with van der Waals surface area (Å²) in [6.07, 6.45) is 1.49. The van der Waals surface area contributed by atoms with Crippen LogP contribution in [0.25, 0.3) is 0 Å². The molecule has 2 unspecified atom stereocenters. The Morgan fingerprint density at radius 2 is 1.93 bits per heavy atom. The summed E-state index contributed by atoms with van der Waals surface area (Å²) < 4.78 is 5.80. The van der Waals surface area contributed by atoms with Crippen molar-refractivity contribution in [2.75, 3.05) is 7.05 Å². The van der Waals surface area contributed by atoms with Crippen molar-refractivity contribution in [3.8, 4) is 11.6 Å². The van der Waals surface area contributed by atoms with E-state index in [1.165, 1.54) is 11.1 Å². The highest BCUT2D eigenvalue weighted by atomic mass is 35.5. The lowest BCUT2D eigenvalue weighted by molar-refractivity contribution is -0.127. The fraction of sp³-hybridized carbons (Fsp3) is 0.316. The van der Waals surface area contributed by atoms with Crippen LogP contribution in [0.4, 0.5) is 4.79 Å². The maximum atomic E-state index is 12.0. The molecule has 8 heteroatoms. The number of pyridine rings is 1. The average molecular weight is 408 g/mol. The fourth-order valence-electron chi connectivity index (χ4n) is 3.15. The van der Waals surface area contributed by atoms with Gasteiger partial charge < -0.3 is 9.64 Å². The van der Waals surface area contributed by atoms with Crippen LogP contribution in [0.1, 0.15) is 29.7 Å². The van der Waals surface area contributed by atoms with E-state index in [1.807, 2.05) is 19.1 Å². The molecule has 0 aliphatic carbocycles. The van der Waals surface area contributed by atoms with Crippen LogP contribution in [0.5, 0.6) is 11.6 Å². The molecule has 6 nitrogen and oxygen atoms in total. The number of amides is 3. The van der Waals surface area contributed by atoms with Gasteiger partial charge in [0.2, 0.25) is 11.8 Å². The second-order valence-corrected chi connectivity index (χ2v) is 7.39. The van der Waals surface area contributed by atoms with Gasteiger partial charge in [-0.05, 0) is 42.7 Å². The highest BCUT2D eigenvalue weighted by Crippen LogP contribution is 2.37. The molecule has 1 aromatic carbocycles. The van der Waals surface area contributed by atoms with Gasteiger partial charge in [-0.2, -0.15) is 0 Å². The molecule has 1 aliphatic rings. The summed E-state index contributed by atoms with van der Waals surface area (Å²) in [5.41, 5.74) is 2.46. The number of hydrogen-bond donors (Lipinski definition) is 1. The summed E-state index contributed by atoms with van der Waals surface area (Å²) in [7, 11) is 1.67. The van der Waals surface area contributed by atoms with E-state index in [2.05, 4.69) is 10.3 Å². The van der Waals surface area contributed by atoms with Crippen LogP contribution in [0.15, 0.2) is 24.4 Å². The molecule has 2 heterocycles. The smallest absolute Gasteiger partial charge is 0.324 e. The number of ether oxygens (including phenoxy) is 1. The first kappa shape index (κ1) is 19.5. The summed E-state index contributed by atoms with van der Waals surface area (Å²) in [4.78, 5) is 29.7. The SMILES string of the molecule is Cc1cc(Oc2ncc(Cl)c(C)c2Cl)ccc1C1C(C)C(=O)NC(=O)N1C. The minimum Gasteiger partial charge on any atom is -0.438 e. The van der Waals surface area contributed by atoms with Crippen molar-refractivity contribution < 1.29 is 14.3 Å². The summed E-state index contributed by atoms with van der Waals surface area (Å²) in [5.74, 6) is 0.168. The second kappa shape index (κ2) is 7.37. The number of carbonyl (C=O) groups is 2. The monoisotopic (exact) mass is 407 g/mol. The van der Waals surface area contributed by atoms with Gasteiger partial charge in [0.25, 0.3) is 0 Å². The molecule has 1 N–H and O–H groups in total. The van der Waals surface area contributed by atoms with Crippen molar-refractivity contribution in [3.63, 3.8) is 0 Å². The number of nitrogens with zero attached hydrogens (tertiary/aromatic N) is 2. The normalized spacial score (nSPS) is 19.9. The first-order valence-electron chi connectivity index (χ1n) is 8.37. The number of benzene rings is 1. The minimum atomic E-state index is -0.407. The van der Waals surface area contributed by atoms with Crippen molar-refractivity contribution in [1.29, 1.82) is 0 Å². The molecule has 1 aromatic heterocycles. The molecule has 2 aromatic rings. The highest BCUT2D eigenvalue weighted by molar-refractivity contribution is 6.36. The number of halogens is 2. The van der Waals surface area contributed by atoms with Crippen molar-refractivity contribution in [2.45, 2.75) is 26.8 Å². The molecule has 1 fully saturated rings. The maximum absolute atomic E-state index is 12.0. The lowest BCUT2D eigenvalue weighted by Crippen LogP contribution is -2.53. The largest absolute Gasteiger partial charge is 0.438 e. The van der Waals surface area contributed by atoms with E-state index in [4.69, 9.17) is 27.9 Å². The first-order valence-corrected chi connectivity index (χ1v) is 9.13. The average Bonchev–Trinajstić information content (AvgIpc) is 2.62. The summed E-state index contributed by atoms with van der Waals surface area (Å²) >= 11 is 12.3. The van der Waals surface area contributed by atoms with Gasteiger partial charge in [0.05, 0.1) is 17.0 Å². The van der Waals surface area contributed by atoms with Crippen LogP contribution in [0.2, 0.25) is 10.0 Å². The Kier molecular flexibility index (Phi) is 5.31.